The van der Waals surface area contributed by atoms with Crippen molar-refractivity contribution in [2.45, 2.75) is 64.6 Å². The second kappa shape index (κ2) is 10.2. The first kappa shape index (κ1) is 25.2. The van der Waals surface area contributed by atoms with Gasteiger partial charge in [-0.15, -0.1) is 0 Å². The molecule has 3 aromatic carbocycles. The summed E-state index contributed by atoms with van der Waals surface area (Å²) in [5.74, 6) is -0.208. The SMILES string of the molecule is CCn1cc(-c2ccc3c(c2)C[C@@H](C)N(c2ccc(C4CC4)cc2C)[C@@H]3c2ccc(/C=C/C(=O)O)cc2)cn1. The lowest BCUT2D eigenvalue weighted by molar-refractivity contribution is -0.131. The maximum absolute atomic E-state index is 11.0. The number of hydrogen-bond acceptors (Lipinski definition) is 3. The summed E-state index contributed by atoms with van der Waals surface area (Å²) in [5.41, 5.74) is 11.2. The Labute approximate surface area is 230 Å². The van der Waals surface area contributed by atoms with Crippen molar-refractivity contribution in [2.75, 3.05) is 4.90 Å². The average Bonchev–Trinajstić information content (AvgIpc) is 3.68. The highest BCUT2D eigenvalue weighted by atomic mass is 16.4. The number of carboxylic acid groups (broad SMARTS) is 1. The van der Waals surface area contributed by atoms with Gasteiger partial charge in [0, 0.05) is 36.1 Å². The van der Waals surface area contributed by atoms with E-state index in [9.17, 15) is 4.79 Å². The van der Waals surface area contributed by atoms with Crippen LogP contribution >= 0.6 is 0 Å². The summed E-state index contributed by atoms with van der Waals surface area (Å²) in [6.07, 6.45) is 10.5. The average molecular weight is 518 g/mol. The molecule has 1 fully saturated rings. The first-order valence-electron chi connectivity index (χ1n) is 14.0. The fraction of sp³-hybridized carbons (Fsp3) is 0.294. The number of benzene rings is 3. The van der Waals surface area contributed by atoms with Gasteiger partial charge in [0.15, 0.2) is 0 Å². The van der Waals surface area contributed by atoms with Crippen LogP contribution in [0.5, 0.6) is 0 Å². The molecule has 39 heavy (non-hydrogen) atoms. The molecular weight excluding hydrogens is 482 g/mol. The summed E-state index contributed by atoms with van der Waals surface area (Å²) in [4.78, 5) is 13.6. The minimum absolute atomic E-state index is 0.0548. The molecule has 1 aliphatic heterocycles. The Kier molecular flexibility index (Phi) is 6.59. The smallest absolute Gasteiger partial charge is 0.328 e. The Balaban J connectivity index is 1.44. The van der Waals surface area contributed by atoms with E-state index in [4.69, 9.17) is 5.11 Å². The van der Waals surface area contributed by atoms with Crippen molar-refractivity contribution in [3.8, 4) is 11.1 Å². The van der Waals surface area contributed by atoms with Gasteiger partial charge < -0.3 is 10.0 Å². The van der Waals surface area contributed by atoms with Crippen molar-refractivity contribution < 1.29 is 9.90 Å². The molecule has 2 heterocycles. The second-order valence-corrected chi connectivity index (χ2v) is 11.0. The van der Waals surface area contributed by atoms with Gasteiger partial charge in [0.25, 0.3) is 0 Å². The largest absolute Gasteiger partial charge is 0.478 e. The minimum Gasteiger partial charge on any atom is -0.478 e. The topological polar surface area (TPSA) is 58.4 Å². The number of aryl methyl sites for hydroxylation is 2. The summed E-state index contributed by atoms with van der Waals surface area (Å²) >= 11 is 0. The molecule has 5 heteroatoms. The number of anilines is 1. The summed E-state index contributed by atoms with van der Waals surface area (Å²) in [6, 6.07) is 22.6. The number of nitrogens with zero attached hydrogens (tertiary/aromatic N) is 3. The Morgan fingerprint density at radius 1 is 1.03 bits per heavy atom. The highest BCUT2D eigenvalue weighted by molar-refractivity contribution is 5.85. The third-order valence-corrected chi connectivity index (χ3v) is 8.21. The molecule has 2 aliphatic rings. The first-order chi connectivity index (χ1) is 18.9. The molecule has 0 unspecified atom stereocenters. The lowest BCUT2D eigenvalue weighted by Crippen LogP contribution is -2.43. The number of carboxylic acids is 1. The van der Waals surface area contributed by atoms with Crippen LogP contribution in [0.1, 0.15) is 72.0 Å². The van der Waals surface area contributed by atoms with E-state index < -0.39 is 5.97 Å². The zero-order valence-electron chi connectivity index (χ0n) is 22.8. The molecule has 198 valence electrons. The number of carbonyl (C=O) groups is 1. The van der Waals surface area contributed by atoms with Gasteiger partial charge in [-0.3, -0.25) is 4.68 Å². The van der Waals surface area contributed by atoms with E-state index in [1.165, 1.54) is 58.0 Å². The van der Waals surface area contributed by atoms with Gasteiger partial charge in [-0.05, 0) is 97.0 Å². The second-order valence-electron chi connectivity index (χ2n) is 11.0. The maximum Gasteiger partial charge on any atom is 0.328 e. The van der Waals surface area contributed by atoms with Crippen LogP contribution in [0.3, 0.4) is 0 Å². The third-order valence-electron chi connectivity index (χ3n) is 8.21. The van der Waals surface area contributed by atoms with Gasteiger partial charge in [0.1, 0.15) is 0 Å². The summed E-state index contributed by atoms with van der Waals surface area (Å²) in [7, 11) is 0. The molecule has 4 aromatic rings. The predicted octanol–water partition coefficient (Wildman–Crippen LogP) is 7.39. The molecule has 2 atom stereocenters. The number of aliphatic carboxylic acids is 1. The van der Waals surface area contributed by atoms with Gasteiger partial charge in [0.05, 0.1) is 12.2 Å². The molecule has 5 nitrogen and oxygen atoms in total. The van der Waals surface area contributed by atoms with Crippen LogP contribution in [-0.4, -0.2) is 26.9 Å². The zero-order chi connectivity index (χ0) is 27.1. The maximum atomic E-state index is 11.0. The normalized spacial score (nSPS) is 18.9. The fourth-order valence-electron chi connectivity index (χ4n) is 6.05. The summed E-state index contributed by atoms with van der Waals surface area (Å²) in [6.45, 7) is 7.53. The zero-order valence-corrected chi connectivity index (χ0v) is 22.8. The Morgan fingerprint density at radius 3 is 2.46 bits per heavy atom. The van der Waals surface area contributed by atoms with Gasteiger partial charge in [-0.2, -0.15) is 5.10 Å². The van der Waals surface area contributed by atoms with E-state index in [0.717, 1.165) is 30.0 Å². The standard InChI is InChI=1S/C34H35N3O2/c1-4-36-21-30(20-35-36)28-12-14-31-29(19-28)18-23(3)37(32-15-13-27(17-22(32)2)25-10-11-25)34(31)26-8-5-24(6-9-26)7-16-33(38)39/h5-9,12-17,19-21,23,25,34H,4,10-11,18H2,1-3H3,(H,38,39)/b16-7+/t23-,34-/m1/s1. The molecular formula is C34H35N3O2. The van der Waals surface area contributed by atoms with E-state index in [-0.39, 0.29) is 6.04 Å². The minimum atomic E-state index is -0.939. The van der Waals surface area contributed by atoms with Crippen LogP contribution in [0.4, 0.5) is 5.69 Å². The predicted molar refractivity (Wildman–Crippen MR) is 157 cm³/mol. The van der Waals surface area contributed by atoms with Crippen molar-refractivity contribution in [1.29, 1.82) is 0 Å². The van der Waals surface area contributed by atoms with Crippen LogP contribution in [-0.2, 0) is 17.8 Å². The Morgan fingerprint density at radius 2 is 1.79 bits per heavy atom. The van der Waals surface area contributed by atoms with Crippen molar-refractivity contribution >= 4 is 17.7 Å². The van der Waals surface area contributed by atoms with Gasteiger partial charge in [-0.1, -0.05) is 54.6 Å². The van der Waals surface area contributed by atoms with Gasteiger partial charge in [0.2, 0.25) is 0 Å². The molecule has 0 saturated heterocycles. The number of hydrogen-bond donors (Lipinski definition) is 1. The van der Waals surface area contributed by atoms with Crippen LogP contribution in [0.2, 0.25) is 0 Å². The van der Waals surface area contributed by atoms with Crippen molar-refractivity contribution in [3.05, 3.63) is 113 Å². The molecule has 1 saturated carbocycles. The molecule has 1 aliphatic carbocycles. The monoisotopic (exact) mass is 517 g/mol. The van der Waals surface area contributed by atoms with Crippen LogP contribution in [0.25, 0.3) is 17.2 Å². The molecule has 0 bridgehead atoms. The number of fused-ring (bicyclic) bond motifs is 1. The lowest BCUT2D eigenvalue weighted by Gasteiger charge is -2.45. The van der Waals surface area contributed by atoms with Gasteiger partial charge >= 0.3 is 5.97 Å². The number of rotatable bonds is 7. The molecule has 6 rings (SSSR count). The molecule has 1 N–H and O–H groups in total. The molecule has 0 amide bonds. The fourth-order valence-corrected chi connectivity index (χ4v) is 6.05. The first-order valence-corrected chi connectivity index (χ1v) is 14.0. The van der Waals surface area contributed by atoms with Crippen molar-refractivity contribution in [2.24, 2.45) is 0 Å². The van der Waals surface area contributed by atoms with E-state index in [1.807, 2.05) is 23.0 Å². The van der Waals surface area contributed by atoms with Crippen LogP contribution in [0.15, 0.2) is 79.1 Å². The van der Waals surface area contributed by atoms with E-state index in [0.29, 0.717) is 6.04 Å². The summed E-state index contributed by atoms with van der Waals surface area (Å²) < 4.78 is 1.97. The Hall–Kier alpha value is -4.12. The van der Waals surface area contributed by atoms with E-state index >= 15 is 0 Å². The van der Waals surface area contributed by atoms with E-state index in [1.54, 1.807) is 6.08 Å². The van der Waals surface area contributed by atoms with Crippen LogP contribution < -0.4 is 4.90 Å². The molecule has 1 aromatic heterocycles. The highest BCUT2D eigenvalue weighted by Gasteiger charge is 2.35. The van der Waals surface area contributed by atoms with Crippen molar-refractivity contribution in [1.82, 2.24) is 9.78 Å². The molecule has 0 spiro atoms. The molecule has 0 radical (unpaired) electrons. The van der Waals surface area contributed by atoms with Crippen molar-refractivity contribution in [3.63, 3.8) is 0 Å². The summed E-state index contributed by atoms with van der Waals surface area (Å²) in [5, 5.41) is 13.5. The third kappa shape index (κ3) is 5.01. The quantitative estimate of drug-likeness (QED) is 0.260. The Bertz CT molecular complexity index is 1550. The number of aromatic nitrogens is 2. The van der Waals surface area contributed by atoms with Crippen LogP contribution in [0, 0.1) is 6.92 Å². The highest BCUT2D eigenvalue weighted by Crippen LogP contribution is 2.45. The van der Waals surface area contributed by atoms with Gasteiger partial charge in [-0.25, -0.2) is 4.79 Å². The van der Waals surface area contributed by atoms with E-state index in [2.05, 4.69) is 85.5 Å². The lowest BCUT2D eigenvalue weighted by atomic mass is 9.82.